The van der Waals surface area contributed by atoms with Crippen LogP contribution < -0.4 is 10.3 Å². The fourth-order valence-corrected chi connectivity index (χ4v) is 3.11. The minimum atomic E-state index is -0.491. The fourth-order valence-electron chi connectivity index (χ4n) is 2.39. The summed E-state index contributed by atoms with van der Waals surface area (Å²) in [6, 6.07) is 13.5. The maximum atomic E-state index is 13.9. The minimum absolute atomic E-state index is 0.0482. The highest BCUT2D eigenvalue weighted by Crippen LogP contribution is 2.26. The van der Waals surface area contributed by atoms with Gasteiger partial charge in [0.1, 0.15) is 29.8 Å². The zero-order chi connectivity index (χ0) is 19.4. The largest absolute Gasteiger partial charge is 0.489 e. The van der Waals surface area contributed by atoms with Crippen molar-refractivity contribution in [3.63, 3.8) is 0 Å². The Hall–Kier alpha value is -2.63. The number of halogens is 2. The SMILES string of the molecule is CSc1nc(-c2cccc(OCc3ccc(Br)cc3F)c2)c(C#N)c(=O)[nH]1. The van der Waals surface area contributed by atoms with Crippen LogP contribution in [0.3, 0.4) is 0 Å². The topological polar surface area (TPSA) is 78.8 Å². The Morgan fingerprint density at radius 1 is 1.33 bits per heavy atom. The molecule has 0 unspecified atom stereocenters. The van der Waals surface area contributed by atoms with Crippen molar-refractivity contribution in [2.45, 2.75) is 11.8 Å². The van der Waals surface area contributed by atoms with E-state index in [1.807, 2.05) is 6.07 Å². The number of nitrogens with one attached hydrogen (secondary N) is 1. The molecule has 0 aliphatic carbocycles. The van der Waals surface area contributed by atoms with E-state index < -0.39 is 5.56 Å². The molecule has 0 spiro atoms. The second-order valence-electron chi connectivity index (χ2n) is 5.46. The Morgan fingerprint density at radius 3 is 2.85 bits per heavy atom. The maximum absolute atomic E-state index is 13.9. The predicted molar refractivity (Wildman–Crippen MR) is 105 cm³/mol. The van der Waals surface area contributed by atoms with Gasteiger partial charge in [0.25, 0.3) is 5.56 Å². The summed E-state index contributed by atoms with van der Waals surface area (Å²) in [5.74, 6) is 0.111. The summed E-state index contributed by atoms with van der Waals surface area (Å²) in [5, 5.41) is 9.72. The molecule has 0 fully saturated rings. The van der Waals surface area contributed by atoms with Crippen LogP contribution in [-0.2, 0) is 6.61 Å². The molecule has 0 saturated carbocycles. The molecule has 0 aliphatic rings. The summed E-state index contributed by atoms with van der Waals surface area (Å²) in [4.78, 5) is 19.0. The first-order valence-corrected chi connectivity index (χ1v) is 9.79. The molecular formula is C19H13BrFN3O2S. The second-order valence-corrected chi connectivity index (χ2v) is 7.17. The third-order valence-electron chi connectivity index (χ3n) is 3.72. The Labute approximate surface area is 167 Å². The van der Waals surface area contributed by atoms with Gasteiger partial charge in [0.15, 0.2) is 5.16 Å². The lowest BCUT2D eigenvalue weighted by Gasteiger charge is -2.10. The highest BCUT2D eigenvalue weighted by atomic mass is 79.9. The van der Waals surface area contributed by atoms with Crippen LogP contribution in [0.4, 0.5) is 4.39 Å². The number of thioether (sulfide) groups is 1. The van der Waals surface area contributed by atoms with Gasteiger partial charge in [-0.25, -0.2) is 9.37 Å². The van der Waals surface area contributed by atoms with Gasteiger partial charge in [0.2, 0.25) is 0 Å². The minimum Gasteiger partial charge on any atom is -0.489 e. The molecule has 1 heterocycles. The van der Waals surface area contributed by atoms with Crippen molar-refractivity contribution in [2.75, 3.05) is 6.26 Å². The van der Waals surface area contributed by atoms with Gasteiger partial charge in [-0.15, -0.1) is 0 Å². The molecule has 0 aliphatic heterocycles. The first-order chi connectivity index (χ1) is 13.0. The monoisotopic (exact) mass is 445 g/mol. The Balaban J connectivity index is 1.91. The van der Waals surface area contributed by atoms with Crippen molar-refractivity contribution in [3.8, 4) is 23.1 Å². The van der Waals surface area contributed by atoms with Gasteiger partial charge in [-0.05, 0) is 30.5 Å². The van der Waals surface area contributed by atoms with E-state index in [0.717, 1.165) is 0 Å². The van der Waals surface area contributed by atoms with E-state index in [2.05, 4.69) is 25.9 Å². The summed E-state index contributed by atoms with van der Waals surface area (Å²) in [5.41, 5.74) is 0.715. The van der Waals surface area contributed by atoms with Crippen LogP contribution in [0.1, 0.15) is 11.1 Å². The number of rotatable bonds is 5. The van der Waals surface area contributed by atoms with Crippen LogP contribution in [0, 0.1) is 17.1 Å². The van der Waals surface area contributed by atoms with Crippen molar-refractivity contribution in [1.82, 2.24) is 9.97 Å². The standard InChI is InChI=1S/C19H13BrFN3O2S/c1-27-19-23-17(15(9-22)18(25)24-19)11-3-2-4-14(7-11)26-10-12-5-6-13(20)8-16(12)21/h2-8H,10H2,1H3,(H,23,24,25). The maximum Gasteiger partial charge on any atom is 0.270 e. The van der Waals surface area contributed by atoms with Crippen molar-refractivity contribution >= 4 is 27.7 Å². The van der Waals surface area contributed by atoms with Crippen molar-refractivity contribution in [2.24, 2.45) is 0 Å². The highest BCUT2D eigenvalue weighted by Gasteiger charge is 2.14. The lowest BCUT2D eigenvalue weighted by molar-refractivity contribution is 0.300. The molecule has 1 aromatic heterocycles. The average Bonchev–Trinajstić information content (AvgIpc) is 2.67. The summed E-state index contributed by atoms with van der Waals surface area (Å²) < 4.78 is 20.3. The molecule has 3 aromatic rings. The highest BCUT2D eigenvalue weighted by molar-refractivity contribution is 9.10. The molecule has 136 valence electrons. The Kier molecular flexibility index (Phi) is 5.94. The van der Waals surface area contributed by atoms with Gasteiger partial charge in [-0.2, -0.15) is 5.26 Å². The summed E-state index contributed by atoms with van der Waals surface area (Å²) in [7, 11) is 0. The number of benzene rings is 2. The van der Waals surface area contributed by atoms with E-state index >= 15 is 0 Å². The van der Waals surface area contributed by atoms with Crippen molar-refractivity contribution in [3.05, 3.63) is 74.2 Å². The first kappa shape index (κ1) is 19.1. The van der Waals surface area contributed by atoms with E-state index in [1.54, 1.807) is 42.7 Å². The predicted octanol–water partition coefficient (Wildman–Crippen LogP) is 4.51. The molecule has 0 atom stereocenters. The molecule has 5 nitrogen and oxygen atoms in total. The van der Waals surface area contributed by atoms with Crippen LogP contribution in [0.25, 0.3) is 11.3 Å². The van der Waals surface area contributed by atoms with Crippen LogP contribution >= 0.6 is 27.7 Å². The number of hydrogen-bond acceptors (Lipinski definition) is 5. The molecule has 3 rings (SSSR count). The van der Waals surface area contributed by atoms with Gasteiger partial charge in [-0.3, -0.25) is 4.79 Å². The van der Waals surface area contributed by atoms with Crippen LogP contribution in [0.15, 0.2) is 56.9 Å². The lowest BCUT2D eigenvalue weighted by atomic mass is 10.1. The number of nitrogens with zero attached hydrogens (tertiary/aromatic N) is 2. The van der Waals surface area contributed by atoms with Crippen molar-refractivity contribution < 1.29 is 9.13 Å². The Morgan fingerprint density at radius 2 is 2.15 bits per heavy atom. The lowest BCUT2D eigenvalue weighted by Crippen LogP contribution is -2.14. The van der Waals surface area contributed by atoms with E-state index in [0.29, 0.717) is 26.5 Å². The third-order valence-corrected chi connectivity index (χ3v) is 4.79. The third kappa shape index (κ3) is 4.38. The number of aromatic nitrogens is 2. The van der Waals surface area contributed by atoms with Crippen molar-refractivity contribution in [1.29, 1.82) is 5.26 Å². The molecule has 8 heteroatoms. The summed E-state index contributed by atoms with van der Waals surface area (Å²) in [6.07, 6.45) is 1.78. The van der Waals surface area contributed by atoms with Crippen LogP contribution in [-0.4, -0.2) is 16.2 Å². The number of aromatic amines is 1. The number of ether oxygens (including phenoxy) is 1. The normalized spacial score (nSPS) is 10.4. The molecule has 27 heavy (non-hydrogen) atoms. The molecule has 1 N–H and O–H groups in total. The number of nitriles is 1. The molecule has 2 aromatic carbocycles. The summed E-state index contributed by atoms with van der Waals surface area (Å²) in [6.45, 7) is 0.0482. The van der Waals surface area contributed by atoms with Gasteiger partial charge in [-0.1, -0.05) is 45.9 Å². The molecule has 0 amide bonds. The molecular weight excluding hydrogens is 433 g/mol. The fraction of sp³-hybridized carbons (Fsp3) is 0.105. The van der Waals surface area contributed by atoms with E-state index in [-0.39, 0.29) is 23.7 Å². The zero-order valence-electron chi connectivity index (χ0n) is 14.1. The van der Waals surface area contributed by atoms with Gasteiger partial charge < -0.3 is 9.72 Å². The zero-order valence-corrected chi connectivity index (χ0v) is 16.5. The van der Waals surface area contributed by atoms with Crippen LogP contribution in [0.5, 0.6) is 5.75 Å². The van der Waals surface area contributed by atoms with Gasteiger partial charge in [0, 0.05) is 15.6 Å². The average molecular weight is 446 g/mol. The number of hydrogen-bond donors (Lipinski definition) is 1. The molecule has 0 bridgehead atoms. The smallest absolute Gasteiger partial charge is 0.270 e. The van der Waals surface area contributed by atoms with E-state index in [1.165, 1.54) is 17.8 Å². The van der Waals surface area contributed by atoms with Gasteiger partial charge >= 0.3 is 0 Å². The van der Waals surface area contributed by atoms with E-state index in [4.69, 9.17) is 4.74 Å². The summed E-state index contributed by atoms with van der Waals surface area (Å²) >= 11 is 4.49. The number of H-pyrrole nitrogens is 1. The first-order valence-electron chi connectivity index (χ1n) is 7.77. The Bertz CT molecular complexity index is 1100. The van der Waals surface area contributed by atoms with Gasteiger partial charge in [0.05, 0.1) is 5.69 Å². The second kappa shape index (κ2) is 8.37. The molecule has 0 saturated heterocycles. The van der Waals surface area contributed by atoms with E-state index in [9.17, 15) is 14.4 Å². The molecule has 0 radical (unpaired) electrons. The quantitative estimate of drug-likeness (QED) is 0.461. The van der Waals surface area contributed by atoms with Crippen LogP contribution in [0.2, 0.25) is 0 Å².